The Morgan fingerprint density at radius 2 is 1.90 bits per heavy atom. The largest absolute Gasteiger partial charge is 0.496 e. The van der Waals surface area contributed by atoms with E-state index in [0.717, 1.165) is 5.69 Å². The van der Waals surface area contributed by atoms with E-state index >= 15 is 0 Å². The Hall–Kier alpha value is -3.72. The highest BCUT2D eigenvalue weighted by Crippen LogP contribution is 2.28. The molecule has 0 fully saturated rings. The monoisotopic (exact) mass is 409 g/mol. The quantitative estimate of drug-likeness (QED) is 0.492. The van der Waals surface area contributed by atoms with Crippen LogP contribution in [0.4, 0.5) is 17.6 Å². The van der Waals surface area contributed by atoms with Crippen LogP contribution in [-0.4, -0.2) is 32.2 Å². The van der Waals surface area contributed by atoms with Crippen LogP contribution in [0.1, 0.15) is 11.6 Å². The van der Waals surface area contributed by atoms with Crippen LogP contribution in [0, 0.1) is 0 Å². The molecular weight excluding hydrogens is 394 g/mol. The van der Waals surface area contributed by atoms with E-state index in [2.05, 4.69) is 30.4 Å². The summed E-state index contributed by atoms with van der Waals surface area (Å²) < 4.78 is 10.7. The van der Waals surface area contributed by atoms with Gasteiger partial charge in [-0.05, 0) is 30.3 Å². The van der Waals surface area contributed by atoms with Crippen molar-refractivity contribution in [2.75, 3.05) is 18.2 Å². The third kappa shape index (κ3) is 4.41. The molecule has 146 valence electrons. The van der Waals surface area contributed by atoms with E-state index in [4.69, 9.17) is 26.6 Å². The number of nitrogen functional groups attached to an aromatic ring is 1. The topological polar surface area (TPSA) is 125 Å². The van der Waals surface area contributed by atoms with E-state index in [1.807, 2.05) is 36.4 Å². The second kappa shape index (κ2) is 8.11. The molecule has 0 aliphatic heterocycles. The second-order valence-corrected chi connectivity index (χ2v) is 6.40. The van der Waals surface area contributed by atoms with Crippen molar-refractivity contribution in [3.8, 4) is 17.2 Å². The number of hydrogen-bond donors (Lipinski definition) is 2. The van der Waals surface area contributed by atoms with Crippen LogP contribution in [0.25, 0.3) is 11.5 Å². The molecule has 2 aromatic heterocycles. The number of hydrogen-bond acceptors (Lipinski definition) is 9. The number of nitrogens with one attached hydrogen (secondary N) is 1. The van der Waals surface area contributed by atoms with E-state index < -0.39 is 0 Å². The summed E-state index contributed by atoms with van der Waals surface area (Å²) in [4.78, 5) is 17.0. The zero-order valence-corrected chi connectivity index (χ0v) is 16.1. The van der Waals surface area contributed by atoms with Gasteiger partial charge in [0.2, 0.25) is 11.9 Å². The fraction of sp³-hybridized carbons (Fsp3) is 0.105. The van der Waals surface area contributed by atoms with Crippen molar-refractivity contribution in [2.45, 2.75) is 6.42 Å². The molecule has 0 amide bonds. The molecule has 0 aliphatic carbocycles. The van der Waals surface area contributed by atoms with Gasteiger partial charge in [0.1, 0.15) is 11.6 Å². The smallest absolute Gasteiger partial charge is 0.261 e. The Labute approximate surface area is 170 Å². The maximum absolute atomic E-state index is 6.00. The minimum absolute atomic E-state index is 0.0768. The van der Waals surface area contributed by atoms with Crippen molar-refractivity contribution in [1.29, 1.82) is 0 Å². The molecule has 0 unspecified atom stereocenters. The van der Waals surface area contributed by atoms with Crippen molar-refractivity contribution in [1.82, 2.24) is 25.1 Å². The van der Waals surface area contributed by atoms with Crippen molar-refractivity contribution in [3.05, 3.63) is 65.2 Å². The lowest BCUT2D eigenvalue weighted by Crippen LogP contribution is -2.08. The Kier molecular flexibility index (Phi) is 5.21. The summed E-state index contributed by atoms with van der Waals surface area (Å²) in [6, 6.07) is 14.6. The molecular formula is C19H16ClN7O2. The minimum atomic E-state index is 0.0768. The lowest BCUT2D eigenvalue weighted by Gasteiger charge is -2.06. The molecule has 10 heteroatoms. The van der Waals surface area contributed by atoms with Gasteiger partial charge in [0.15, 0.2) is 5.82 Å². The molecule has 0 aliphatic rings. The first kappa shape index (κ1) is 18.6. The second-order valence-electron chi connectivity index (χ2n) is 5.96. The highest BCUT2D eigenvalue weighted by Gasteiger charge is 2.15. The molecule has 3 N–H and O–H groups in total. The van der Waals surface area contributed by atoms with Gasteiger partial charge in [-0.2, -0.15) is 19.9 Å². The van der Waals surface area contributed by atoms with Crippen molar-refractivity contribution in [3.63, 3.8) is 0 Å². The molecule has 0 saturated carbocycles. The number of rotatable bonds is 6. The maximum atomic E-state index is 6.00. The highest BCUT2D eigenvalue weighted by atomic mass is 35.5. The molecule has 0 spiro atoms. The Morgan fingerprint density at radius 3 is 2.72 bits per heavy atom. The van der Waals surface area contributed by atoms with Gasteiger partial charge in [0, 0.05) is 10.7 Å². The lowest BCUT2D eigenvalue weighted by atomic mass is 10.2. The van der Waals surface area contributed by atoms with Gasteiger partial charge in [-0.15, -0.1) is 0 Å². The summed E-state index contributed by atoms with van der Waals surface area (Å²) in [5.74, 6) is 2.16. The number of aromatic nitrogens is 5. The summed E-state index contributed by atoms with van der Waals surface area (Å²) >= 11 is 6.00. The molecule has 0 saturated heterocycles. The SMILES string of the molecule is COc1ccccc1-c1nc(Cc2nc(N)nc(Nc3cccc(Cl)c3)n2)no1. The summed E-state index contributed by atoms with van der Waals surface area (Å²) in [5.41, 5.74) is 7.25. The van der Waals surface area contributed by atoms with Crippen LogP contribution >= 0.6 is 11.6 Å². The molecule has 4 aromatic rings. The molecule has 0 bridgehead atoms. The third-order valence-corrected chi connectivity index (χ3v) is 4.14. The minimum Gasteiger partial charge on any atom is -0.496 e. The molecule has 0 atom stereocenters. The van der Waals surface area contributed by atoms with Crippen LogP contribution in [0.3, 0.4) is 0 Å². The number of ether oxygens (including phenoxy) is 1. The zero-order valence-electron chi connectivity index (χ0n) is 15.3. The van der Waals surface area contributed by atoms with E-state index in [-0.39, 0.29) is 12.4 Å². The predicted octanol–water partition coefficient (Wildman–Crippen LogP) is 3.50. The van der Waals surface area contributed by atoms with Gasteiger partial charge in [-0.25, -0.2) is 0 Å². The van der Waals surface area contributed by atoms with Crippen LogP contribution < -0.4 is 15.8 Å². The number of anilines is 3. The summed E-state index contributed by atoms with van der Waals surface area (Å²) in [7, 11) is 1.58. The molecule has 0 radical (unpaired) electrons. The fourth-order valence-corrected chi connectivity index (χ4v) is 2.86. The molecule has 2 aromatic carbocycles. The number of nitrogens with two attached hydrogens (primary N) is 1. The summed E-state index contributed by atoms with van der Waals surface area (Å²) in [6.45, 7) is 0. The number of methoxy groups -OCH3 is 1. The number of halogens is 1. The first-order chi connectivity index (χ1) is 14.1. The van der Waals surface area contributed by atoms with Gasteiger partial charge in [-0.1, -0.05) is 35.0 Å². The van der Waals surface area contributed by atoms with E-state index in [1.165, 1.54) is 0 Å². The highest BCUT2D eigenvalue weighted by molar-refractivity contribution is 6.30. The predicted molar refractivity (Wildman–Crippen MR) is 108 cm³/mol. The van der Waals surface area contributed by atoms with Crippen molar-refractivity contribution in [2.24, 2.45) is 0 Å². The number of nitrogens with zero attached hydrogens (tertiary/aromatic N) is 5. The maximum Gasteiger partial charge on any atom is 0.261 e. The molecule has 2 heterocycles. The first-order valence-corrected chi connectivity index (χ1v) is 8.97. The standard InChI is InChI=1S/C19H16ClN7O2/c1-28-14-8-3-2-7-13(14)17-23-16(27-29-17)10-15-24-18(21)26-19(25-15)22-12-6-4-5-11(20)9-12/h2-9H,10H2,1H3,(H3,21,22,24,25,26). The van der Waals surface area contributed by atoms with Crippen LogP contribution in [0.15, 0.2) is 53.1 Å². The van der Waals surface area contributed by atoms with E-state index in [1.54, 1.807) is 19.2 Å². The molecule has 29 heavy (non-hydrogen) atoms. The third-order valence-electron chi connectivity index (χ3n) is 3.90. The van der Waals surface area contributed by atoms with Crippen molar-refractivity contribution < 1.29 is 9.26 Å². The summed E-state index contributed by atoms with van der Waals surface area (Å²) in [5, 5.41) is 7.64. The molecule has 9 nitrogen and oxygen atoms in total. The van der Waals surface area contributed by atoms with Crippen LogP contribution in [0.2, 0.25) is 5.02 Å². The number of para-hydroxylation sites is 1. The first-order valence-electron chi connectivity index (χ1n) is 8.60. The van der Waals surface area contributed by atoms with Crippen molar-refractivity contribution >= 4 is 29.2 Å². The zero-order chi connectivity index (χ0) is 20.2. The van der Waals surface area contributed by atoms with Gasteiger partial charge >= 0.3 is 0 Å². The van der Waals surface area contributed by atoms with Gasteiger partial charge < -0.3 is 20.3 Å². The van der Waals surface area contributed by atoms with Gasteiger partial charge in [0.05, 0.1) is 19.1 Å². The van der Waals surface area contributed by atoms with Crippen LogP contribution in [-0.2, 0) is 6.42 Å². The Morgan fingerprint density at radius 1 is 1.03 bits per heavy atom. The average Bonchev–Trinajstić information content (AvgIpc) is 3.15. The molecule has 4 rings (SSSR count). The van der Waals surface area contributed by atoms with E-state index in [0.29, 0.717) is 39.8 Å². The van der Waals surface area contributed by atoms with E-state index in [9.17, 15) is 0 Å². The normalized spacial score (nSPS) is 10.7. The van der Waals surface area contributed by atoms with Crippen LogP contribution in [0.5, 0.6) is 5.75 Å². The lowest BCUT2D eigenvalue weighted by molar-refractivity contribution is 0.403. The number of benzene rings is 2. The fourth-order valence-electron chi connectivity index (χ4n) is 2.67. The summed E-state index contributed by atoms with van der Waals surface area (Å²) in [6.07, 6.45) is 0.218. The Bertz CT molecular complexity index is 1150. The average molecular weight is 410 g/mol. The Balaban J connectivity index is 1.56. The van der Waals surface area contributed by atoms with Gasteiger partial charge in [0.25, 0.3) is 5.89 Å². The van der Waals surface area contributed by atoms with Gasteiger partial charge in [-0.3, -0.25) is 0 Å².